The molecule has 2 aliphatic rings. The molecule has 1 aromatic heterocycles. The Morgan fingerprint density at radius 1 is 1.25 bits per heavy atom. The fraction of sp³-hybridized carbons (Fsp3) is 0.857. The Bertz CT molecular complexity index is 611. The lowest BCUT2D eigenvalue weighted by molar-refractivity contribution is -0.137. The average molecular weight is 393 g/mol. The average Bonchev–Trinajstić information content (AvgIpc) is 3.14. The molecular weight excluding hydrogens is 356 g/mol. The molecular formula is C21H36N4O3. The highest BCUT2D eigenvalue weighted by molar-refractivity contribution is 5.76. The molecule has 0 aromatic carbocycles. The van der Waals surface area contributed by atoms with Gasteiger partial charge in [-0.3, -0.25) is 4.79 Å². The van der Waals surface area contributed by atoms with Crippen LogP contribution in [0.3, 0.4) is 0 Å². The van der Waals surface area contributed by atoms with Crippen molar-refractivity contribution in [2.45, 2.75) is 72.0 Å². The molecule has 1 aromatic rings. The molecule has 2 saturated heterocycles. The summed E-state index contributed by atoms with van der Waals surface area (Å²) < 4.78 is 11.3. The van der Waals surface area contributed by atoms with Crippen LogP contribution in [0.15, 0.2) is 4.52 Å². The minimum absolute atomic E-state index is 0.0617. The molecule has 158 valence electrons. The topological polar surface area (TPSA) is 71.7 Å². The van der Waals surface area contributed by atoms with Crippen LogP contribution in [0.5, 0.6) is 0 Å². The fourth-order valence-corrected chi connectivity index (χ4v) is 4.16. The SMILES string of the molecule is CCN1CCC(CC(=O)N2CCCC(OCc3noc(CC(C)C)n3)C2)CC1. The first kappa shape index (κ1) is 21.2. The molecule has 2 fully saturated rings. The van der Waals surface area contributed by atoms with Crippen LogP contribution in [0.4, 0.5) is 0 Å². The van der Waals surface area contributed by atoms with Crippen molar-refractivity contribution >= 4 is 5.91 Å². The third-order valence-corrected chi connectivity index (χ3v) is 5.89. The van der Waals surface area contributed by atoms with Crippen LogP contribution in [0.1, 0.15) is 64.6 Å². The minimum atomic E-state index is 0.0617. The Morgan fingerprint density at radius 3 is 2.75 bits per heavy atom. The van der Waals surface area contributed by atoms with E-state index in [1.807, 2.05) is 4.90 Å². The van der Waals surface area contributed by atoms with Crippen molar-refractivity contribution in [2.24, 2.45) is 11.8 Å². The van der Waals surface area contributed by atoms with Gasteiger partial charge in [-0.1, -0.05) is 25.9 Å². The number of ether oxygens (including phenoxy) is 1. The van der Waals surface area contributed by atoms with Gasteiger partial charge in [-0.25, -0.2) is 0 Å². The number of hydrogen-bond donors (Lipinski definition) is 0. The Kier molecular flexibility index (Phi) is 7.85. The number of carbonyl (C=O) groups excluding carboxylic acids is 1. The lowest BCUT2D eigenvalue weighted by atomic mass is 9.92. The molecule has 0 bridgehead atoms. The summed E-state index contributed by atoms with van der Waals surface area (Å²) in [6.07, 6.45) is 5.80. The van der Waals surface area contributed by atoms with Crippen molar-refractivity contribution in [3.8, 4) is 0 Å². The smallest absolute Gasteiger partial charge is 0.226 e. The third kappa shape index (κ3) is 6.27. The molecule has 1 amide bonds. The van der Waals surface area contributed by atoms with Crippen LogP contribution in [0, 0.1) is 11.8 Å². The standard InChI is InChI=1S/C21H36N4O3/c1-4-24-10-7-17(8-11-24)13-21(26)25-9-5-6-18(14-25)27-15-19-22-20(28-23-19)12-16(2)3/h16-18H,4-15H2,1-3H3. The summed E-state index contributed by atoms with van der Waals surface area (Å²) in [6.45, 7) is 11.7. The monoisotopic (exact) mass is 392 g/mol. The zero-order chi connectivity index (χ0) is 19.9. The third-order valence-electron chi connectivity index (χ3n) is 5.89. The van der Waals surface area contributed by atoms with E-state index in [9.17, 15) is 4.79 Å². The van der Waals surface area contributed by atoms with Gasteiger partial charge in [0, 0.05) is 25.9 Å². The van der Waals surface area contributed by atoms with Crippen LogP contribution < -0.4 is 0 Å². The molecule has 1 atom stereocenters. The van der Waals surface area contributed by atoms with Crippen molar-refractivity contribution in [2.75, 3.05) is 32.7 Å². The second kappa shape index (κ2) is 10.3. The molecule has 7 heteroatoms. The highest BCUT2D eigenvalue weighted by atomic mass is 16.5. The maximum absolute atomic E-state index is 12.8. The summed E-state index contributed by atoms with van der Waals surface area (Å²) in [5.41, 5.74) is 0. The van der Waals surface area contributed by atoms with E-state index >= 15 is 0 Å². The summed E-state index contributed by atoms with van der Waals surface area (Å²) in [7, 11) is 0. The maximum atomic E-state index is 12.8. The summed E-state index contributed by atoms with van der Waals surface area (Å²) in [5.74, 6) is 2.59. The molecule has 1 unspecified atom stereocenters. The van der Waals surface area contributed by atoms with Crippen molar-refractivity contribution in [3.63, 3.8) is 0 Å². The van der Waals surface area contributed by atoms with E-state index in [1.165, 1.54) is 0 Å². The lowest BCUT2D eigenvalue weighted by Crippen LogP contribution is -2.44. The van der Waals surface area contributed by atoms with E-state index in [2.05, 4.69) is 35.8 Å². The number of aromatic nitrogens is 2. The zero-order valence-corrected chi connectivity index (χ0v) is 17.7. The van der Waals surface area contributed by atoms with Gasteiger partial charge in [0.05, 0.1) is 6.10 Å². The number of rotatable bonds is 8. The molecule has 2 aliphatic heterocycles. The highest BCUT2D eigenvalue weighted by Gasteiger charge is 2.27. The van der Waals surface area contributed by atoms with E-state index < -0.39 is 0 Å². The first-order valence-corrected chi connectivity index (χ1v) is 11.0. The highest BCUT2D eigenvalue weighted by Crippen LogP contribution is 2.23. The maximum Gasteiger partial charge on any atom is 0.226 e. The number of carbonyl (C=O) groups is 1. The Morgan fingerprint density at radius 2 is 2.04 bits per heavy atom. The number of hydrogen-bond acceptors (Lipinski definition) is 6. The summed E-state index contributed by atoms with van der Waals surface area (Å²) in [6, 6.07) is 0. The lowest BCUT2D eigenvalue weighted by Gasteiger charge is -2.35. The van der Waals surface area contributed by atoms with Gasteiger partial charge in [0.2, 0.25) is 11.8 Å². The van der Waals surface area contributed by atoms with Gasteiger partial charge in [0.1, 0.15) is 6.61 Å². The summed E-state index contributed by atoms with van der Waals surface area (Å²) in [5, 5.41) is 4.00. The largest absolute Gasteiger partial charge is 0.368 e. The molecule has 0 aliphatic carbocycles. The molecule has 0 radical (unpaired) electrons. The summed E-state index contributed by atoms with van der Waals surface area (Å²) in [4.78, 5) is 21.6. The predicted octanol–water partition coefficient (Wildman–Crippen LogP) is 2.90. The fourth-order valence-electron chi connectivity index (χ4n) is 4.16. The van der Waals surface area contributed by atoms with Gasteiger partial charge >= 0.3 is 0 Å². The van der Waals surface area contributed by atoms with Crippen LogP contribution in [0.2, 0.25) is 0 Å². The second-order valence-electron chi connectivity index (χ2n) is 8.70. The summed E-state index contributed by atoms with van der Waals surface area (Å²) >= 11 is 0. The van der Waals surface area contributed by atoms with Crippen molar-refractivity contribution < 1.29 is 14.1 Å². The normalized spacial score (nSPS) is 22.1. The van der Waals surface area contributed by atoms with Crippen molar-refractivity contribution in [3.05, 3.63) is 11.7 Å². The minimum Gasteiger partial charge on any atom is -0.368 e. The van der Waals surface area contributed by atoms with Crippen molar-refractivity contribution in [1.82, 2.24) is 19.9 Å². The number of piperidine rings is 2. The molecule has 7 nitrogen and oxygen atoms in total. The zero-order valence-electron chi connectivity index (χ0n) is 17.7. The van der Waals surface area contributed by atoms with E-state index in [0.717, 1.165) is 58.3 Å². The molecule has 28 heavy (non-hydrogen) atoms. The van der Waals surface area contributed by atoms with Crippen LogP contribution in [-0.4, -0.2) is 64.7 Å². The Hall–Kier alpha value is -1.47. The van der Waals surface area contributed by atoms with Crippen LogP contribution in [0.25, 0.3) is 0 Å². The van der Waals surface area contributed by atoms with Gasteiger partial charge in [0.25, 0.3) is 0 Å². The Balaban J connectivity index is 1.41. The molecule has 0 saturated carbocycles. The van der Waals surface area contributed by atoms with Crippen LogP contribution >= 0.6 is 0 Å². The van der Waals surface area contributed by atoms with E-state index in [1.54, 1.807) is 0 Å². The first-order valence-electron chi connectivity index (χ1n) is 11.0. The number of nitrogens with zero attached hydrogens (tertiary/aromatic N) is 4. The first-order chi connectivity index (χ1) is 13.5. The van der Waals surface area contributed by atoms with E-state index in [4.69, 9.17) is 9.26 Å². The van der Waals surface area contributed by atoms with Gasteiger partial charge in [-0.05, 0) is 57.2 Å². The molecule has 3 rings (SSSR count). The Labute approximate surface area is 168 Å². The van der Waals surface area contributed by atoms with Gasteiger partial charge in [0.15, 0.2) is 5.82 Å². The second-order valence-corrected chi connectivity index (χ2v) is 8.70. The molecule has 0 N–H and O–H groups in total. The molecule has 3 heterocycles. The molecule has 0 spiro atoms. The van der Waals surface area contributed by atoms with Gasteiger partial charge < -0.3 is 19.1 Å². The number of amides is 1. The van der Waals surface area contributed by atoms with Gasteiger partial charge in [-0.2, -0.15) is 4.98 Å². The predicted molar refractivity (Wildman–Crippen MR) is 107 cm³/mol. The number of likely N-dealkylation sites (tertiary alicyclic amines) is 2. The van der Waals surface area contributed by atoms with Crippen LogP contribution in [-0.2, 0) is 22.6 Å². The van der Waals surface area contributed by atoms with E-state index in [-0.39, 0.29) is 6.10 Å². The van der Waals surface area contributed by atoms with E-state index in [0.29, 0.717) is 49.0 Å². The van der Waals surface area contributed by atoms with Crippen molar-refractivity contribution in [1.29, 1.82) is 0 Å². The van der Waals surface area contributed by atoms with Gasteiger partial charge in [-0.15, -0.1) is 0 Å². The quantitative estimate of drug-likeness (QED) is 0.677.